The second-order valence-electron chi connectivity index (χ2n) is 6.73. The summed E-state index contributed by atoms with van der Waals surface area (Å²) in [6.07, 6.45) is 3.49. The van der Waals surface area contributed by atoms with Gasteiger partial charge in [0, 0.05) is 13.0 Å². The third-order valence-corrected chi connectivity index (χ3v) is 5.69. The average Bonchev–Trinajstić information content (AvgIpc) is 2.92. The van der Waals surface area contributed by atoms with Crippen LogP contribution in [-0.2, 0) is 6.54 Å². The van der Waals surface area contributed by atoms with E-state index >= 15 is 0 Å². The highest BCUT2D eigenvalue weighted by Gasteiger charge is 2.49. The molecule has 0 bridgehead atoms. The SMILES string of the molecule is Cc1ccsc1C(=O)N1CC(F)(F)C[C@H]1c1nncn1CC1CC1. The number of halogens is 2. The number of hydrogen-bond donors (Lipinski definition) is 0. The van der Waals surface area contributed by atoms with Crippen molar-refractivity contribution in [3.05, 3.63) is 34.0 Å². The van der Waals surface area contributed by atoms with Crippen molar-refractivity contribution in [2.45, 2.75) is 44.7 Å². The normalized spacial score (nSPS) is 23.0. The number of rotatable bonds is 4. The quantitative estimate of drug-likeness (QED) is 0.848. The standard InChI is InChI=1S/C16H18F2N4OS/c1-10-4-5-24-13(10)15(23)22-8-16(17,18)6-12(22)14-20-19-9-21(14)7-11-2-3-11/h4-5,9,11-12H,2-3,6-8H2,1H3/t12-/m0/s1. The smallest absolute Gasteiger partial charge is 0.267 e. The van der Waals surface area contributed by atoms with E-state index < -0.39 is 24.9 Å². The summed E-state index contributed by atoms with van der Waals surface area (Å²) in [5, 5.41) is 9.78. The minimum Gasteiger partial charge on any atom is -0.321 e. The molecular weight excluding hydrogens is 334 g/mol. The van der Waals surface area contributed by atoms with Gasteiger partial charge in [0.05, 0.1) is 17.5 Å². The van der Waals surface area contributed by atoms with Crippen molar-refractivity contribution in [1.29, 1.82) is 0 Å². The first-order valence-electron chi connectivity index (χ1n) is 8.05. The number of nitrogens with zero attached hydrogens (tertiary/aromatic N) is 4. The zero-order valence-electron chi connectivity index (χ0n) is 13.3. The molecule has 1 amide bonds. The van der Waals surface area contributed by atoms with Crippen LogP contribution in [0, 0.1) is 12.8 Å². The van der Waals surface area contributed by atoms with Crippen molar-refractivity contribution in [1.82, 2.24) is 19.7 Å². The molecular formula is C16H18F2N4OS. The van der Waals surface area contributed by atoms with E-state index in [4.69, 9.17) is 0 Å². The van der Waals surface area contributed by atoms with Crippen LogP contribution in [0.3, 0.4) is 0 Å². The first-order valence-corrected chi connectivity index (χ1v) is 8.93. The van der Waals surface area contributed by atoms with Crippen LogP contribution in [-0.4, -0.2) is 38.0 Å². The van der Waals surface area contributed by atoms with Gasteiger partial charge in [0.25, 0.3) is 11.8 Å². The van der Waals surface area contributed by atoms with Crippen LogP contribution in [0.5, 0.6) is 0 Å². The fourth-order valence-electron chi connectivity index (χ4n) is 3.22. The Labute approximate surface area is 142 Å². The van der Waals surface area contributed by atoms with Crippen LogP contribution in [0.15, 0.2) is 17.8 Å². The van der Waals surface area contributed by atoms with E-state index in [2.05, 4.69) is 10.2 Å². The lowest BCUT2D eigenvalue weighted by atomic mass is 10.1. The summed E-state index contributed by atoms with van der Waals surface area (Å²) in [7, 11) is 0. The molecule has 0 unspecified atom stereocenters. The Kier molecular flexibility index (Phi) is 3.67. The number of aromatic nitrogens is 3. The molecule has 1 saturated carbocycles. The van der Waals surface area contributed by atoms with Crippen LogP contribution in [0.25, 0.3) is 0 Å². The fraction of sp³-hybridized carbons (Fsp3) is 0.562. The number of aryl methyl sites for hydroxylation is 1. The lowest BCUT2D eigenvalue weighted by molar-refractivity contribution is 0.0118. The number of amides is 1. The van der Waals surface area contributed by atoms with Crippen LogP contribution in [0.1, 0.15) is 46.4 Å². The Bertz CT molecular complexity index is 768. The third kappa shape index (κ3) is 2.83. The summed E-state index contributed by atoms with van der Waals surface area (Å²) in [5.74, 6) is -2.19. The van der Waals surface area contributed by atoms with Crippen LogP contribution in [0.2, 0.25) is 0 Å². The summed E-state index contributed by atoms with van der Waals surface area (Å²) < 4.78 is 30.0. The van der Waals surface area contributed by atoms with Crippen molar-refractivity contribution in [2.24, 2.45) is 5.92 Å². The zero-order valence-corrected chi connectivity index (χ0v) is 14.1. The van der Waals surface area contributed by atoms with E-state index in [1.165, 1.54) is 16.2 Å². The van der Waals surface area contributed by atoms with Crippen molar-refractivity contribution in [3.63, 3.8) is 0 Å². The molecule has 0 radical (unpaired) electrons. The molecule has 1 atom stereocenters. The number of hydrogen-bond acceptors (Lipinski definition) is 4. The molecule has 5 nitrogen and oxygen atoms in total. The molecule has 2 aromatic heterocycles. The molecule has 8 heteroatoms. The van der Waals surface area contributed by atoms with Gasteiger partial charge in [0.2, 0.25) is 0 Å². The second-order valence-corrected chi connectivity index (χ2v) is 7.64. The number of alkyl halides is 2. The van der Waals surface area contributed by atoms with E-state index in [-0.39, 0.29) is 5.91 Å². The van der Waals surface area contributed by atoms with Crippen molar-refractivity contribution < 1.29 is 13.6 Å². The van der Waals surface area contributed by atoms with Gasteiger partial charge in [-0.1, -0.05) is 0 Å². The summed E-state index contributed by atoms with van der Waals surface area (Å²) >= 11 is 1.29. The van der Waals surface area contributed by atoms with Gasteiger partial charge in [-0.25, -0.2) is 8.78 Å². The van der Waals surface area contributed by atoms with E-state index in [9.17, 15) is 13.6 Å². The maximum Gasteiger partial charge on any atom is 0.267 e. The predicted molar refractivity (Wildman–Crippen MR) is 85.1 cm³/mol. The molecule has 1 aliphatic heterocycles. The highest BCUT2D eigenvalue weighted by molar-refractivity contribution is 7.12. The number of likely N-dealkylation sites (tertiary alicyclic amines) is 1. The number of carbonyl (C=O) groups is 1. The van der Waals surface area contributed by atoms with E-state index in [0.29, 0.717) is 16.6 Å². The zero-order chi connectivity index (χ0) is 16.9. The lowest BCUT2D eigenvalue weighted by Crippen LogP contribution is -2.33. The molecule has 2 aliphatic rings. The molecule has 2 fully saturated rings. The summed E-state index contributed by atoms with van der Waals surface area (Å²) in [4.78, 5) is 14.6. The van der Waals surface area contributed by atoms with Gasteiger partial charge in [0.15, 0.2) is 5.82 Å². The first kappa shape index (κ1) is 15.7. The van der Waals surface area contributed by atoms with Crippen molar-refractivity contribution in [3.8, 4) is 0 Å². The van der Waals surface area contributed by atoms with Crippen LogP contribution < -0.4 is 0 Å². The van der Waals surface area contributed by atoms with Gasteiger partial charge in [0.1, 0.15) is 6.33 Å². The maximum atomic E-state index is 14.1. The topological polar surface area (TPSA) is 51.0 Å². The Hall–Kier alpha value is -1.83. The Balaban J connectivity index is 1.66. The minimum atomic E-state index is -2.90. The highest BCUT2D eigenvalue weighted by Crippen LogP contribution is 2.42. The highest BCUT2D eigenvalue weighted by atomic mass is 32.1. The minimum absolute atomic E-state index is 0.342. The Morgan fingerprint density at radius 1 is 1.46 bits per heavy atom. The van der Waals surface area contributed by atoms with Gasteiger partial charge in [-0.2, -0.15) is 0 Å². The Morgan fingerprint density at radius 2 is 2.25 bits per heavy atom. The Morgan fingerprint density at radius 3 is 2.92 bits per heavy atom. The molecule has 1 saturated heterocycles. The molecule has 4 rings (SSSR count). The molecule has 3 heterocycles. The van der Waals surface area contributed by atoms with Gasteiger partial charge >= 0.3 is 0 Å². The molecule has 24 heavy (non-hydrogen) atoms. The molecule has 0 spiro atoms. The van der Waals surface area contributed by atoms with E-state index in [0.717, 1.165) is 24.9 Å². The molecule has 2 aromatic rings. The number of carbonyl (C=O) groups excluding carboxylic acids is 1. The van der Waals surface area contributed by atoms with Gasteiger partial charge < -0.3 is 9.47 Å². The number of thiophene rings is 1. The fourth-order valence-corrected chi connectivity index (χ4v) is 4.10. The van der Waals surface area contributed by atoms with Gasteiger partial charge in [-0.05, 0) is 42.7 Å². The van der Waals surface area contributed by atoms with Crippen LogP contribution in [0.4, 0.5) is 8.78 Å². The first-order chi connectivity index (χ1) is 11.4. The monoisotopic (exact) mass is 352 g/mol. The summed E-state index contributed by atoms with van der Waals surface area (Å²) in [5.41, 5.74) is 0.818. The van der Waals surface area contributed by atoms with Crippen LogP contribution >= 0.6 is 11.3 Å². The lowest BCUT2D eigenvalue weighted by Gasteiger charge is -2.23. The molecule has 0 N–H and O–H groups in total. The van der Waals surface area contributed by atoms with E-state index in [1.807, 2.05) is 17.6 Å². The maximum absolute atomic E-state index is 14.1. The summed E-state index contributed by atoms with van der Waals surface area (Å²) in [6.45, 7) is 2.00. The molecule has 0 aromatic carbocycles. The summed E-state index contributed by atoms with van der Waals surface area (Å²) in [6, 6.07) is 1.10. The average molecular weight is 352 g/mol. The predicted octanol–water partition coefficient (Wildman–Crippen LogP) is 3.28. The molecule has 128 valence electrons. The molecule has 1 aliphatic carbocycles. The van der Waals surface area contributed by atoms with Crippen molar-refractivity contribution in [2.75, 3.05) is 6.54 Å². The third-order valence-electron chi connectivity index (χ3n) is 4.68. The van der Waals surface area contributed by atoms with Gasteiger partial charge in [-0.3, -0.25) is 4.79 Å². The second kappa shape index (κ2) is 5.61. The van der Waals surface area contributed by atoms with Gasteiger partial charge in [-0.15, -0.1) is 21.5 Å². The van der Waals surface area contributed by atoms with E-state index in [1.54, 1.807) is 11.7 Å². The van der Waals surface area contributed by atoms with Crippen molar-refractivity contribution >= 4 is 17.2 Å². The largest absolute Gasteiger partial charge is 0.321 e.